The molecule has 94 valence electrons. The lowest BCUT2D eigenvalue weighted by molar-refractivity contribution is 0.873. The van der Waals surface area contributed by atoms with Gasteiger partial charge < -0.3 is 10.6 Å². The average molecular weight is 249 g/mol. The summed E-state index contributed by atoms with van der Waals surface area (Å²) in [7, 11) is 0. The second kappa shape index (κ2) is 4.33. The Balaban J connectivity index is 2.02. The van der Waals surface area contributed by atoms with Gasteiger partial charge in [-0.15, -0.1) is 0 Å². The maximum absolute atomic E-state index is 9.27. The first kappa shape index (κ1) is 11.6. The van der Waals surface area contributed by atoms with E-state index in [0.29, 0.717) is 0 Å². The molecular weight excluding hydrogens is 234 g/mol. The lowest BCUT2D eigenvalue weighted by atomic mass is 10.1. The standard InChI is InChI=1S/C16H15N3/c1-11-3-2-4-12(8-17)16(11)19-9-13-5-6-15(18)7-14(13)10-19/h2-7H,9-10,18H2,1H3. The van der Waals surface area contributed by atoms with E-state index in [1.807, 2.05) is 37.3 Å². The summed E-state index contributed by atoms with van der Waals surface area (Å²) in [6.07, 6.45) is 0. The fourth-order valence-corrected chi connectivity index (χ4v) is 2.74. The minimum Gasteiger partial charge on any atom is -0.399 e. The lowest BCUT2D eigenvalue weighted by Gasteiger charge is -2.21. The van der Waals surface area contributed by atoms with Crippen molar-refractivity contribution < 1.29 is 0 Å². The molecule has 1 aliphatic heterocycles. The van der Waals surface area contributed by atoms with Gasteiger partial charge in [0, 0.05) is 18.8 Å². The molecule has 0 saturated heterocycles. The Bertz CT molecular complexity index is 683. The SMILES string of the molecule is Cc1cccc(C#N)c1N1Cc2ccc(N)cc2C1. The number of hydrogen-bond donors (Lipinski definition) is 1. The Morgan fingerprint density at radius 3 is 2.74 bits per heavy atom. The summed E-state index contributed by atoms with van der Waals surface area (Å²) in [5.74, 6) is 0. The van der Waals surface area contributed by atoms with Gasteiger partial charge in [-0.3, -0.25) is 0 Å². The van der Waals surface area contributed by atoms with Crippen LogP contribution >= 0.6 is 0 Å². The van der Waals surface area contributed by atoms with E-state index in [9.17, 15) is 5.26 Å². The van der Waals surface area contributed by atoms with Crippen molar-refractivity contribution >= 4 is 11.4 Å². The molecule has 2 aromatic carbocycles. The summed E-state index contributed by atoms with van der Waals surface area (Å²) in [4.78, 5) is 2.25. The summed E-state index contributed by atoms with van der Waals surface area (Å²) in [6, 6.07) is 14.2. The molecule has 0 fully saturated rings. The highest BCUT2D eigenvalue weighted by Gasteiger charge is 2.22. The number of para-hydroxylation sites is 1. The van der Waals surface area contributed by atoms with Gasteiger partial charge in [-0.05, 0) is 41.8 Å². The van der Waals surface area contributed by atoms with Crippen molar-refractivity contribution in [3.63, 3.8) is 0 Å². The number of nitriles is 1. The Hall–Kier alpha value is -2.47. The Kier molecular flexibility index (Phi) is 2.64. The quantitative estimate of drug-likeness (QED) is 0.790. The molecule has 0 saturated carbocycles. The summed E-state index contributed by atoms with van der Waals surface area (Å²) in [6.45, 7) is 3.71. The van der Waals surface area contributed by atoms with Gasteiger partial charge in [0.2, 0.25) is 0 Å². The van der Waals surface area contributed by atoms with Crippen LogP contribution in [0.1, 0.15) is 22.3 Å². The zero-order valence-corrected chi connectivity index (χ0v) is 10.9. The van der Waals surface area contributed by atoms with Crippen LogP contribution in [0.4, 0.5) is 11.4 Å². The number of nitrogens with two attached hydrogens (primary N) is 1. The molecule has 0 spiro atoms. The second-order valence-corrected chi connectivity index (χ2v) is 4.97. The van der Waals surface area contributed by atoms with Crippen LogP contribution in [0.2, 0.25) is 0 Å². The maximum Gasteiger partial charge on any atom is 0.101 e. The lowest BCUT2D eigenvalue weighted by Crippen LogP contribution is -2.17. The van der Waals surface area contributed by atoms with Gasteiger partial charge in [-0.25, -0.2) is 0 Å². The number of hydrogen-bond acceptors (Lipinski definition) is 3. The largest absolute Gasteiger partial charge is 0.399 e. The second-order valence-electron chi connectivity index (χ2n) is 4.97. The monoisotopic (exact) mass is 249 g/mol. The first-order valence-corrected chi connectivity index (χ1v) is 6.31. The van der Waals surface area contributed by atoms with Crippen molar-refractivity contribution in [1.29, 1.82) is 5.26 Å². The topological polar surface area (TPSA) is 53.0 Å². The number of rotatable bonds is 1. The fraction of sp³-hybridized carbons (Fsp3) is 0.188. The summed E-state index contributed by atoms with van der Waals surface area (Å²) < 4.78 is 0. The highest BCUT2D eigenvalue weighted by molar-refractivity contribution is 5.66. The van der Waals surface area contributed by atoms with Gasteiger partial charge in [0.1, 0.15) is 6.07 Å². The van der Waals surface area contributed by atoms with Gasteiger partial charge in [-0.2, -0.15) is 5.26 Å². The van der Waals surface area contributed by atoms with Crippen LogP contribution in [0.3, 0.4) is 0 Å². The molecule has 3 heteroatoms. The van der Waals surface area contributed by atoms with Crippen molar-refractivity contribution in [3.8, 4) is 6.07 Å². The van der Waals surface area contributed by atoms with Crippen molar-refractivity contribution in [2.45, 2.75) is 20.0 Å². The van der Waals surface area contributed by atoms with Gasteiger partial charge in [0.05, 0.1) is 11.3 Å². The molecule has 3 rings (SSSR count). The Morgan fingerprint density at radius 1 is 1.16 bits per heavy atom. The first-order valence-electron chi connectivity index (χ1n) is 6.31. The number of nitrogen functional groups attached to an aromatic ring is 1. The number of fused-ring (bicyclic) bond motifs is 1. The Morgan fingerprint density at radius 2 is 1.95 bits per heavy atom. The van der Waals surface area contributed by atoms with Gasteiger partial charge in [0.15, 0.2) is 0 Å². The fourth-order valence-electron chi connectivity index (χ4n) is 2.74. The van der Waals surface area contributed by atoms with E-state index in [1.165, 1.54) is 11.1 Å². The number of anilines is 2. The molecule has 0 unspecified atom stereocenters. The molecule has 0 bridgehead atoms. The molecule has 0 aliphatic carbocycles. The molecule has 0 aromatic heterocycles. The maximum atomic E-state index is 9.27. The molecule has 1 aliphatic rings. The van der Waals surface area contributed by atoms with Crippen LogP contribution in [-0.2, 0) is 13.1 Å². The van der Waals surface area contributed by atoms with E-state index in [0.717, 1.165) is 35.6 Å². The van der Waals surface area contributed by atoms with Crippen LogP contribution in [0.15, 0.2) is 36.4 Å². The van der Waals surface area contributed by atoms with Gasteiger partial charge >= 0.3 is 0 Å². The van der Waals surface area contributed by atoms with E-state index in [4.69, 9.17) is 5.73 Å². The van der Waals surface area contributed by atoms with E-state index in [1.54, 1.807) is 0 Å². The summed E-state index contributed by atoms with van der Waals surface area (Å²) in [5.41, 5.74) is 12.1. The van der Waals surface area contributed by atoms with Gasteiger partial charge in [-0.1, -0.05) is 18.2 Å². The van der Waals surface area contributed by atoms with Crippen LogP contribution in [0.5, 0.6) is 0 Å². The molecule has 0 atom stereocenters. The van der Waals surface area contributed by atoms with E-state index < -0.39 is 0 Å². The predicted molar refractivity (Wildman–Crippen MR) is 76.6 cm³/mol. The number of benzene rings is 2. The van der Waals surface area contributed by atoms with Crippen LogP contribution < -0.4 is 10.6 Å². The van der Waals surface area contributed by atoms with Crippen molar-refractivity contribution in [2.24, 2.45) is 0 Å². The highest BCUT2D eigenvalue weighted by Crippen LogP contribution is 2.33. The molecule has 0 amide bonds. The molecule has 0 radical (unpaired) electrons. The molecular formula is C16H15N3. The molecule has 2 aromatic rings. The third-order valence-electron chi connectivity index (χ3n) is 3.63. The third kappa shape index (κ3) is 1.92. The van der Waals surface area contributed by atoms with Crippen molar-refractivity contribution in [1.82, 2.24) is 0 Å². The highest BCUT2D eigenvalue weighted by atomic mass is 15.1. The van der Waals surface area contributed by atoms with E-state index in [2.05, 4.69) is 17.0 Å². The predicted octanol–water partition coefficient (Wildman–Crippen LogP) is 2.97. The van der Waals surface area contributed by atoms with Crippen molar-refractivity contribution in [3.05, 3.63) is 58.7 Å². The van der Waals surface area contributed by atoms with Crippen LogP contribution in [-0.4, -0.2) is 0 Å². The Labute approximate surface area is 112 Å². The molecule has 2 N–H and O–H groups in total. The number of aryl methyl sites for hydroxylation is 1. The minimum atomic E-state index is 0.737. The zero-order chi connectivity index (χ0) is 13.4. The molecule has 3 nitrogen and oxygen atoms in total. The first-order chi connectivity index (χ1) is 9.19. The van der Waals surface area contributed by atoms with Crippen LogP contribution in [0.25, 0.3) is 0 Å². The zero-order valence-electron chi connectivity index (χ0n) is 10.9. The smallest absolute Gasteiger partial charge is 0.101 e. The summed E-state index contributed by atoms with van der Waals surface area (Å²) in [5, 5.41) is 9.27. The molecule has 1 heterocycles. The third-order valence-corrected chi connectivity index (χ3v) is 3.63. The number of nitrogens with zero attached hydrogens (tertiary/aromatic N) is 2. The van der Waals surface area contributed by atoms with Crippen molar-refractivity contribution in [2.75, 3.05) is 10.6 Å². The summed E-state index contributed by atoms with van der Waals surface area (Å²) >= 11 is 0. The molecule has 19 heavy (non-hydrogen) atoms. The average Bonchev–Trinajstić information content (AvgIpc) is 2.80. The van der Waals surface area contributed by atoms with E-state index in [-0.39, 0.29) is 0 Å². The van der Waals surface area contributed by atoms with Crippen LogP contribution in [0, 0.1) is 18.3 Å². The van der Waals surface area contributed by atoms with E-state index >= 15 is 0 Å². The van der Waals surface area contributed by atoms with Gasteiger partial charge in [0.25, 0.3) is 0 Å². The minimum absolute atomic E-state index is 0.737. The normalized spacial score (nSPS) is 13.2.